The third-order valence-electron chi connectivity index (χ3n) is 4.04. The Balaban J connectivity index is 2.03. The molecule has 0 radical (unpaired) electrons. The molecule has 126 valence electrons. The molecule has 0 saturated carbocycles. The first kappa shape index (κ1) is 17.7. The fraction of sp³-hybridized carbons (Fsp3) is 0.300. The number of hydrogen-bond acceptors (Lipinski definition) is 2. The molecule has 4 nitrogen and oxygen atoms in total. The summed E-state index contributed by atoms with van der Waals surface area (Å²) in [6.07, 6.45) is 0.676. The van der Waals surface area contributed by atoms with E-state index in [1.807, 2.05) is 44.2 Å². The van der Waals surface area contributed by atoms with E-state index in [0.29, 0.717) is 13.0 Å². The van der Waals surface area contributed by atoms with E-state index in [1.165, 1.54) is 0 Å². The van der Waals surface area contributed by atoms with E-state index in [4.69, 9.17) is 5.11 Å². The van der Waals surface area contributed by atoms with Gasteiger partial charge in [-0.2, -0.15) is 0 Å². The molecule has 0 fully saturated rings. The average Bonchev–Trinajstić information content (AvgIpc) is 2.55. The van der Waals surface area contributed by atoms with Gasteiger partial charge in [-0.05, 0) is 29.7 Å². The van der Waals surface area contributed by atoms with E-state index in [2.05, 4.69) is 0 Å². The molecule has 0 aliphatic rings. The first-order chi connectivity index (χ1) is 11.3. The number of benzene rings is 2. The van der Waals surface area contributed by atoms with Crippen LogP contribution in [-0.4, -0.2) is 28.9 Å². The number of rotatable bonds is 6. The van der Waals surface area contributed by atoms with Crippen molar-refractivity contribution in [2.45, 2.75) is 26.8 Å². The topological polar surface area (TPSA) is 57.6 Å². The predicted octanol–water partition coefficient (Wildman–Crippen LogP) is 3.61. The van der Waals surface area contributed by atoms with E-state index >= 15 is 0 Å². The predicted molar refractivity (Wildman–Crippen MR) is 93.8 cm³/mol. The van der Waals surface area contributed by atoms with E-state index in [1.54, 1.807) is 36.2 Å². The molecule has 0 unspecified atom stereocenters. The molecule has 0 aromatic heterocycles. The standard InChI is InChI=1S/C20H23NO3/c1-20(2,13-15-7-5-4-6-8-15)19(24)21(3)14-16-9-11-17(12-10-16)18(22)23/h4-12H,13-14H2,1-3H3,(H,22,23). The highest BCUT2D eigenvalue weighted by Gasteiger charge is 2.30. The van der Waals surface area contributed by atoms with E-state index in [0.717, 1.165) is 11.1 Å². The van der Waals surface area contributed by atoms with Crippen LogP contribution in [0.2, 0.25) is 0 Å². The van der Waals surface area contributed by atoms with Crippen LogP contribution in [0.15, 0.2) is 54.6 Å². The van der Waals surface area contributed by atoms with Crippen LogP contribution in [0.25, 0.3) is 0 Å². The molecule has 2 aromatic carbocycles. The Morgan fingerprint density at radius 1 is 0.958 bits per heavy atom. The first-order valence-corrected chi connectivity index (χ1v) is 7.91. The van der Waals surface area contributed by atoms with Crippen LogP contribution in [0.5, 0.6) is 0 Å². The number of nitrogens with zero attached hydrogens (tertiary/aromatic N) is 1. The van der Waals surface area contributed by atoms with Crippen molar-refractivity contribution < 1.29 is 14.7 Å². The van der Waals surface area contributed by atoms with Gasteiger partial charge in [0.2, 0.25) is 5.91 Å². The Morgan fingerprint density at radius 3 is 2.08 bits per heavy atom. The summed E-state index contributed by atoms with van der Waals surface area (Å²) < 4.78 is 0. The molecule has 0 bridgehead atoms. The lowest BCUT2D eigenvalue weighted by Crippen LogP contribution is -2.39. The zero-order valence-corrected chi connectivity index (χ0v) is 14.3. The largest absolute Gasteiger partial charge is 0.478 e. The summed E-state index contributed by atoms with van der Waals surface area (Å²) in [5.41, 5.74) is 1.79. The van der Waals surface area contributed by atoms with Gasteiger partial charge in [0.05, 0.1) is 5.56 Å². The zero-order valence-electron chi connectivity index (χ0n) is 14.3. The van der Waals surface area contributed by atoms with E-state index in [9.17, 15) is 9.59 Å². The van der Waals surface area contributed by atoms with Gasteiger partial charge in [-0.25, -0.2) is 4.79 Å². The molecule has 0 atom stereocenters. The summed E-state index contributed by atoms with van der Waals surface area (Å²) >= 11 is 0. The highest BCUT2D eigenvalue weighted by atomic mass is 16.4. The number of carbonyl (C=O) groups excluding carboxylic acids is 1. The number of carboxylic acids is 1. The first-order valence-electron chi connectivity index (χ1n) is 7.91. The van der Waals surface area contributed by atoms with E-state index < -0.39 is 11.4 Å². The Labute approximate surface area is 142 Å². The third-order valence-corrected chi connectivity index (χ3v) is 4.04. The lowest BCUT2D eigenvalue weighted by atomic mass is 9.84. The van der Waals surface area contributed by atoms with Gasteiger partial charge in [-0.15, -0.1) is 0 Å². The van der Waals surface area contributed by atoms with Crippen molar-refractivity contribution in [2.75, 3.05) is 7.05 Å². The SMILES string of the molecule is CN(Cc1ccc(C(=O)O)cc1)C(=O)C(C)(C)Cc1ccccc1. The molecule has 2 aromatic rings. The van der Waals surface area contributed by atoms with Gasteiger partial charge in [0.15, 0.2) is 0 Å². The molecule has 1 N–H and O–H groups in total. The Morgan fingerprint density at radius 2 is 1.54 bits per heavy atom. The average molecular weight is 325 g/mol. The van der Waals surface area contributed by atoms with Crippen molar-refractivity contribution in [3.8, 4) is 0 Å². The van der Waals surface area contributed by atoms with Gasteiger partial charge in [-0.1, -0.05) is 56.3 Å². The minimum absolute atomic E-state index is 0.0636. The molecule has 4 heteroatoms. The van der Waals surface area contributed by atoms with Crippen LogP contribution in [0.1, 0.15) is 35.3 Å². The molecule has 0 aliphatic heterocycles. The molecular weight excluding hydrogens is 302 g/mol. The fourth-order valence-corrected chi connectivity index (χ4v) is 2.80. The quantitative estimate of drug-likeness (QED) is 0.882. The molecular formula is C20H23NO3. The maximum absolute atomic E-state index is 12.8. The highest BCUT2D eigenvalue weighted by Crippen LogP contribution is 2.25. The summed E-state index contributed by atoms with van der Waals surface area (Å²) in [4.78, 5) is 25.4. The Bertz CT molecular complexity index is 705. The fourth-order valence-electron chi connectivity index (χ4n) is 2.80. The number of carboxylic acid groups (broad SMARTS) is 1. The van der Waals surface area contributed by atoms with E-state index in [-0.39, 0.29) is 11.5 Å². The van der Waals surface area contributed by atoms with Gasteiger partial charge in [0.1, 0.15) is 0 Å². The minimum Gasteiger partial charge on any atom is -0.478 e. The van der Waals surface area contributed by atoms with Crippen LogP contribution in [0, 0.1) is 5.41 Å². The molecule has 1 amide bonds. The van der Waals surface area contributed by atoms with Crippen LogP contribution in [0.3, 0.4) is 0 Å². The summed E-state index contributed by atoms with van der Waals surface area (Å²) in [5.74, 6) is -0.886. The monoisotopic (exact) mass is 325 g/mol. The zero-order chi connectivity index (χ0) is 17.7. The number of amides is 1. The second-order valence-electron chi connectivity index (χ2n) is 6.71. The van der Waals surface area contributed by atoms with Crippen molar-refractivity contribution >= 4 is 11.9 Å². The third kappa shape index (κ3) is 4.44. The van der Waals surface area contributed by atoms with Crippen molar-refractivity contribution in [1.82, 2.24) is 4.90 Å². The van der Waals surface area contributed by atoms with Crippen LogP contribution in [-0.2, 0) is 17.8 Å². The van der Waals surface area contributed by atoms with Gasteiger partial charge in [0, 0.05) is 19.0 Å². The van der Waals surface area contributed by atoms with Gasteiger partial charge in [-0.3, -0.25) is 4.79 Å². The molecule has 0 spiro atoms. The Kier molecular flexibility index (Phi) is 5.39. The maximum atomic E-state index is 12.8. The minimum atomic E-state index is -0.949. The number of hydrogen-bond donors (Lipinski definition) is 1. The summed E-state index contributed by atoms with van der Waals surface area (Å²) in [5, 5.41) is 8.93. The summed E-state index contributed by atoms with van der Waals surface area (Å²) in [6, 6.07) is 16.6. The normalized spacial score (nSPS) is 11.1. The molecule has 0 saturated heterocycles. The summed E-state index contributed by atoms with van der Waals surface area (Å²) in [6.45, 7) is 4.36. The van der Waals surface area contributed by atoms with Gasteiger partial charge < -0.3 is 10.0 Å². The molecule has 0 heterocycles. The van der Waals surface area contributed by atoms with Crippen molar-refractivity contribution in [3.63, 3.8) is 0 Å². The number of carbonyl (C=O) groups is 2. The van der Waals surface area contributed by atoms with Gasteiger partial charge >= 0.3 is 5.97 Å². The molecule has 0 aliphatic carbocycles. The van der Waals surface area contributed by atoms with Crippen LogP contribution in [0.4, 0.5) is 0 Å². The highest BCUT2D eigenvalue weighted by molar-refractivity contribution is 5.87. The molecule has 24 heavy (non-hydrogen) atoms. The molecule has 2 rings (SSSR count). The van der Waals surface area contributed by atoms with Crippen molar-refractivity contribution in [1.29, 1.82) is 0 Å². The van der Waals surface area contributed by atoms with Crippen LogP contribution < -0.4 is 0 Å². The van der Waals surface area contributed by atoms with Gasteiger partial charge in [0.25, 0.3) is 0 Å². The Hall–Kier alpha value is -2.62. The smallest absolute Gasteiger partial charge is 0.335 e. The summed E-state index contributed by atoms with van der Waals surface area (Å²) in [7, 11) is 1.78. The van der Waals surface area contributed by atoms with Crippen molar-refractivity contribution in [2.24, 2.45) is 5.41 Å². The van der Waals surface area contributed by atoms with Crippen LogP contribution >= 0.6 is 0 Å². The lowest BCUT2D eigenvalue weighted by Gasteiger charge is -2.29. The second-order valence-corrected chi connectivity index (χ2v) is 6.71. The number of aromatic carboxylic acids is 1. The maximum Gasteiger partial charge on any atom is 0.335 e. The van der Waals surface area contributed by atoms with Crippen molar-refractivity contribution in [3.05, 3.63) is 71.3 Å². The second kappa shape index (κ2) is 7.30. The lowest BCUT2D eigenvalue weighted by molar-refractivity contribution is -0.139.